The topological polar surface area (TPSA) is 66.7 Å². The lowest BCUT2D eigenvalue weighted by Crippen LogP contribution is -2.49. The SMILES string of the molecule is CCc1ccc(C2CNCCN2C(=O)c2cnc3sccn3c2=O)cc1. The smallest absolute Gasteiger partial charge is 0.271 e. The maximum absolute atomic E-state index is 13.1. The molecule has 7 heteroatoms. The van der Waals surface area contributed by atoms with Crippen LogP contribution in [0, 0.1) is 0 Å². The second-order valence-electron chi connectivity index (χ2n) is 6.35. The van der Waals surface area contributed by atoms with E-state index >= 15 is 0 Å². The summed E-state index contributed by atoms with van der Waals surface area (Å²) < 4.78 is 1.44. The van der Waals surface area contributed by atoms with Gasteiger partial charge in [0.15, 0.2) is 4.96 Å². The van der Waals surface area contributed by atoms with Gasteiger partial charge in [0, 0.05) is 37.4 Å². The lowest BCUT2D eigenvalue weighted by molar-refractivity contribution is 0.0632. The molecule has 1 saturated heterocycles. The largest absolute Gasteiger partial charge is 0.329 e. The van der Waals surface area contributed by atoms with Crippen molar-refractivity contribution in [3.8, 4) is 0 Å². The fraction of sp³-hybridized carbons (Fsp3) is 0.316. The van der Waals surface area contributed by atoms with Crippen molar-refractivity contribution in [1.82, 2.24) is 19.6 Å². The first-order chi connectivity index (χ1) is 12.7. The average Bonchev–Trinajstić information content (AvgIpc) is 3.18. The van der Waals surface area contributed by atoms with Gasteiger partial charge in [-0.25, -0.2) is 4.98 Å². The zero-order valence-corrected chi connectivity index (χ0v) is 15.3. The van der Waals surface area contributed by atoms with Crippen LogP contribution in [0.5, 0.6) is 0 Å². The zero-order valence-electron chi connectivity index (χ0n) is 14.5. The van der Waals surface area contributed by atoms with Gasteiger partial charge in [0.2, 0.25) is 0 Å². The van der Waals surface area contributed by atoms with Gasteiger partial charge < -0.3 is 10.2 Å². The normalized spacial score (nSPS) is 17.6. The molecule has 3 heterocycles. The Hall–Kier alpha value is -2.51. The molecule has 4 rings (SSSR count). The minimum Gasteiger partial charge on any atom is -0.329 e. The Morgan fingerprint density at radius 2 is 2.15 bits per heavy atom. The summed E-state index contributed by atoms with van der Waals surface area (Å²) in [6.45, 7) is 4.07. The van der Waals surface area contributed by atoms with E-state index in [9.17, 15) is 9.59 Å². The van der Waals surface area contributed by atoms with Crippen molar-refractivity contribution in [3.05, 3.63) is 69.1 Å². The van der Waals surface area contributed by atoms with E-state index in [1.54, 1.807) is 16.5 Å². The number of amides is 1. The van der Waals surface area contributed by atoms with Gasteiger partial charge in [-0.3, -0.25) is 14.0 Å². The first-order valence-corrected chi connectivity index (χ1v) is 9.62. The summed E-state index contributed by atoms with van der Waals surface area (Å²) in [4.78, 5) is 32.4. The number of fused-ring (bicyclic) bond motifs is 1. The van der Waals surface area contributed by atoms with Gasteiger partial charge in [0.05, 0.1) is 6.04 Å². The fourth-order valence-electron chi connectivity index (χ4n) is 3.35. The molecule has 1 aliphatic heterocycles. The molecule has 1 aromatic carbocycles. The number of nitrogens with one attached hydrogen (secondary N) is 1. The summed E-state index contributed by atoms with van der Waals surface area (Å²) >= 11 is 1.38. The number of hydrogen-bond acceptors (Lipinski definition) is 5. The summed E-state index contributed by atoms with van der Waals surface area (Å²) in [6.07, 6.45) is 4.05. The summed E-state index contributed by atoms with van der Waals surface area (Å²) in [7, 11) is 0. The molecule has 0 saturated carbocycles. The Bertz CT molecular complexity index is 993. The number of thiazole rings is 1. The van der Waals surface area contributed by atoms with Crippen LogP contribution in [0.1, 0.15) is 34.5 Å². The molecule has 3 aromatic rings. The summed E-state index contributed by atoms with van der Waals surface area (Å²) in [5, 5.41) is 5.14. The van der Waals surface area contributed by atoms with E-state index < -0.39 is 0 Å². The minimum absolute atomic E-state index is 0.0928. The van der Waals surface area contributed by atoms with Gasteiger partial charge in [0.25, 0.3) is 11.5 Å². The molecule has 1 unspecified atom stereocenters. The Balaban J connectivity index is 1.69. The van der Waals surface area contributed by atoms with E-state index in [1.807, 2.05) is 0 Å². The Morgan fingerprint density at radius 1 is 1.35 bits per heavy atom. The molecule has 6 nitrogen and oxygen atoms in total. The number of nitrogens with zero attached hydrogens (tertiary/aromatic N) is 3. The van der Waals surface area contributed by atoms with Crippen molar-refractivity contribution < 1.29 is 4.79 Å². The number of benzene rings is 1. The first kappa shape index (κ1) is 16.9. The summed E-state index contributed by atoms with van der Waals surface area (Å²) in [5.41, 5.74) is 2.16. The van der Waals surface area contributed by atoms with Crippen molar-refractivity contribution in [1.29, 1.82) is 0 Å². The van der Waals surface area contributed by atoms with E-state index in [0.29, 0.717) is 24.6 Å². The highest BCUT2D eigenvalue weighted by Gasteiger charge is 2.30. The first-order valence-electron chi connectivity index (χ1n) is 8.74. The third kappa shape index (κ3) is 2.93. The van der Waals surface area contributed by atoms with E-state index in [1.165, 1.54) is 27.5 Å². The monoisotopic (exact) mass is 368 g/mol. The number of carbonyl (C=O) groups excluding carboxylic acids is 1. The highest BCUT2D eigenvalue weighted by molar-refractivity contribution is 7.15. The molecule has 0 bridgehead atoms. The third-order valence-corrected chi connectivity index (χ3v) is 5.62. The summed E-state index contributed by atoms with van der Waals surface area (Å²) in [5.74, 6) is -0.255. The number of piperazine rings is 1. The number of aromatic nitrogens is 2. The highest BCUT2D eigenvalue weighted by Crippen LogP contribution is 2.24. The quantitative estimate of drug-likeness (QED) is 0.769. The molecular formula is C19H20N4O2S. The van der Waals surface area contributed by atoms with Crippen LogP contribution in [-0.4, -0.2) is 39.8 Å². The van der Waals surface area contributed by atoms with Gasteiger partial charge in [-0.1, -0.05) is 31.2 Å². The Labute approximate surface area is 155 Å². The number of rotatable bonds is 3. The van der Waals surface area contributed by atoms with Crippen LogP contribution >= 0.6 is 11.3 Å². The molecule has 1 fully saturated rings. The van der Waals surface area contributed by atoms with Gasteiger partial charge in [0.1, 0.15) is 5.56 Å². The minimum atomic E-state index is -0.306. The molecule has 0 radical (unpaired) electrons. The second-order valence-corrected chi connectivity index (χ2v) is 7.22. The highest BCUT2D eigenvalue weighted by atomic mass is 32.1. The molecule has 2 aromatic heterocycles. The van der Waals surface area contributed by atoms with Crippen LogP contribution < -0.4 is 10.9 Å². The zero-order chi connectivity index (χ0) is 18.1. The molecule has 1 atom stereocenters. The maximum atomic E-state index is 13.1. The van der Waals surface area contributed by atoms with E-state index in [-0.39, 0.29) is 23.1 Å². The second kappa shape index (κ2) is 7.01. The van der Waals surface area contributed by atoms with Crippen LogP contribution in [0.3, 0.4) is 0 Å². The van der Waals surface area contributed by atoms with Gasteiger partial charge >= 0.3 is 0 Å². The fourth-order valence-corrected chi connectivity index (χ4v) is 4.02. The van der Waals surface area contributed by atoms with Crippen LogP contribution in [0.25, 0.3) is 4.96 Å². The van der Waals surface area contributed by atoms with Crippen molar-refractivity contribution in [2.24, 2.45) is 0 Å². The molecular weight excluding hydrogens is 348 g/mol. The Kier molecular flexibility index (Phi) is 4.57. The number of hydrogen-bond donors (Lipinski definition) is 1. The van der Waals surface area contributed by atoms with Gasteiger partial charge in [-0.05, 0) is 17.5 Å². The van der Waals surface area contributed by atoms with Crippen molar-refractivity contribution in [3.63, 3.8) is 0 Å². The van der Waals surface area contributed by atoms with E-state index in [2.05, 4.69) is 41.5 Å². The summed E-state index contributed by atoms with van der Waals surface area (Å²) in [6, 6.07) is 8.25. The van der Waals surface area contributed by atoms with E-state index in [4.69, 9.17) is 0 Å². The lowest BCUT2D eigenvalue weighted by atomic mass is 10.0. The average molecular weight is 368 g/mol. The predicted molar refractivity (Wildman–Crippen MR) is 102 cm³/mol. The molecule has 1 amide bonds. The van der Waals surface area contributed by atoms with Crippen LogP contribution in [0.4, 0.5) is 0 Å². The van der Waals surface area contributed by atoms with E-state index in [0.717, 1.165) is 12.0 Å². The number of carbonyl (C=O) groups is 1. The third-order valence-electron chi connectivity index (χ3n) is 4.85. The molecule has 1 N–H and O–H groups in total. The maximum Gasteiger partial charge on any atom is 0.271 e. The van der Waals surface area contributed by atoms with Gasteiger partial charge in [-0.15, -0.1) is 11.3 Å². The van der Waals surface area contributed by atoms with Crippen molar-refractivity contribution >= 4 is 22.2 Å². The predicted octanol–water partition coefficient (Wildman–Crippen LogP) is 2.11. The van der Waals surface area contributed by atoms with Crippen LogP contribution in [-0.2, 0) is 6.42 Å². The van der Waals surface area contributed by atoms with Crippen molar-refractivity contribution in [2.45, 2.75) is 19.4 Å². The molecule has 26 heavy (non-hydrogen) atoms. The Morgan fingerprint density at radius 3 is 2.92 bits per heavy atom. The molecule has 134 valence electrons. The molecule has 1 aliphatic rings. The standard InChI is InChI=1S/C19H20N4O2S/c1-2-13-3-5-14(6-4-13)16-12-20-7-8-22(16)17(24)15-11-21-19-23(18(15)25)9-10-26-19/h3-6,9-11,16,20H,2,7-8,12H2,1H3. The van der Waals surface area contributed by atoms with Crippen LogP contribution in [0.15, 0.2) is 46.8 Å². The van der Waals surface area contributed by atoms with Crippen molar-refractivity contribution in [2.75, 3.05) is 19.6 Å². The van der Waals surface area contributed by atoms with Gasteiger partial charge in [-0.2, -0.15) is 0 Å². The van der Waals surface area contributed by atoms with Crippen LogP contribution in [0.2, 0.25) is 0 Å². The lowest BCUT2D eigenvalue weighted by Gasteiger charge is -2.36. The molecule has 0 spiro atoms. The molecule has 0 aliphatic carbocycles. The number of aryl methyl sites for hydroxylation is 1.